The van der Waals surface area contributed by atoms with Crippen molar-refractivity contribution in [3.05, 3.63) is 52.0 Å². The first kappa shape index (κ1) is 15.8. The monoisotopic (exact) mass is 345 g/mol. The lowest BCUT2D eigenvalue weighted by Crippen LogP contribution is -1.96. The van der Waals surface area contributed by atoms with E-state index in [1.54, 1.807) is 0 Å². The van der Waals surface area contributed by atoms with Gasteiger partial charge in [-0.25, -0.2) is 0 Å². The second kappa shape index (κ2) is 6.03. The highest BCUT2D eigenvalue weighted by atomic mass is 35.5. The van der Waals surface area contributed by atoms with Gasteiger partial charge in [-0.05, 0) is 36.4 Å². The second-order valence-electron chi connectivity index (χ2n) is 4.05. The number of nitrogens with zero attached hydrogens (tertiary/aromatic N) is 1. The summed E-state index contributed by atoms with van der Waals surface area (Å²) in [6, 6.07) is 8.13. The molecule has 8 heteroatoms. The second-order valence-corrected chi connectivity index (χ2v) is 6.32. The number of hydrogen-bond acceptors (Lipinski definition) is 4. The lowest BCUT2D eigenvalue weighted by atomic mass is 10.2. The van der Waals surface area contributed by atoms with Crippen molar-refractivity contribution in [1.29, 1.82) is 0 Å². The Hall–Kier alpha value is -1.60. The molecule has 0 fully saturated rings. The molecule has 0 spiro atoms. The quantitative estimate of drug-likeness (QED) is 0.655. The van der Waals surface area contributed by atoms with Crippen LogP contribution in [-0.4, -0.2) is 24.3 Å². The van der Waals surface area contributed by atoms with Crippen LogP contribution in [0.3, 0.4) is 0 Å². The molecule has 0 aliphatic heterocycles. The van der Waals surface area contributed by atoms with Crippen LogP contribution in [0, 0.1) is 0 Å². The number of rotatable bonds is 3. The molecule has 21 heavy (non-hydrogen) atoms. The molecule has 110 valence electrons. The summed E-state index contributed by atoms with van der Waals surface area (Å²) in [6.45, 7) is 0. The molecule has 0 heterocycles. The average Bonchev–Trinajstić information content (AvgIpc) is 2.40. The molecule has 0 saturated heterocycles. The molecule has 5 nitrogen and oxygen atoms in total. The van der Waals surface area contributed by atoms with E-state index in [0.29, 0.717) is 16.3 Å². The first-order valence-corrected chi connectivity index (χ1v) is 7.76. The van der Waals surface area contributed by atoms with Gasteiger partial charge in [-0.2, -0.15) is 8.42 Å². The lowest BCUT2D eigenvalue weighted by molar-refractivity contribution is 0.474. The Morgan fingerprint density at radius 3 is 2.29 bits per heavy atom. The molecule has 0 unspecified atom stereocenters. The SMILES string of the molecule is O=S(=O)(O)c1ccc(N=Cc2cc(Cl)cc(Cl)c2O)cc1. The van der Waals surface area contributed by atoms with Crippen molar-refractivity contribution in [2.45, 2.75) is 4.90 Å². The van der Waals surface area contributed by atoms with E-state index < -0.39 is 10.1 Å². The Kier molecular flexibility index (Phi) is 4.53. The fraction of sp³-hybridized carbons (Fsp3) is 0. The van der Waals surface area contributed by atoms with Crippen molar-refractivity contribution < 1.29 is 18.1 Å². The number of hydrogen-bond donors (Lipinski definition) is 2. The van der Waals surface area contributed by atoms with E-state index in [1.807, 2.05) is 0 Å². The maximum atomic E-state index is 10.9. The summed E-state index contributed by atoms with van der Waals surface area (Å²) in [4.78, 5) is 3.84. The molecule has 0 radical (unpaired) electrons. The minimum absolute atomic E-state index is 0.102. The smallest absolute Gasteiger partial charge is 0.294 e. The summed E-state index contributed by atoms with van der Waals surface area (Å²) >= 11 is 11.6. The Morgan fingerprint density at radius 1 is 1.10 bits per heavy atom. The normalized spacial score (nSPS) is 12.0. The van der Waals surface area contributed by atoms with Crippen molar-refractivity contribution in [3.63, 3.8) is 0 Å². The molecule has 0 atom stereocenters. The number of phenols is 1. The van der Waals surface area contributed by atoms with Gasteiger partial charge in [-0.15, -0.1) is 0 Å². The fourth-order valence-electron chi connectivity index (χ4n) is 1.53. The van der Waals surface area contributed by atoms with Gasteiger partial charge >= 0.3 is 0 Å². The number of aromatic hydroxyl groups is 1. The van der Waals surface area contributed by atoms with Crippen LogP contribution in [0.15, 0.2) is 46.3 Å². The van der Waals surface area contributed by atoms with Crippen molar-refractivity contribution in [1.82, 2.24) is 0 Å². The minimum Gasteiger partial charge on any atom is -0.506 e. The van der Waals surface area contributed by atoms with Crippen molar-refractivity contribution in [3.8, 4) is 5.75 Å². The van der Waals surface area contributed by atoms with Crippen LogP contribution in [0.1, 0.15) is 5.56 Å². The van der Waals surface area contributed by atoms with Crippen molar-refractivity contribution >= 4 is 45.2 Å². The third-order valence-electron chi connectivity index (χ3n) is 2.54. The van der Waals surface area contributed by atoms with E-state index in [4.69, 9.17) is 27.8 Å². The zero-order valence-corrected chi connectivity index (χ0v) is 12.7. The van der Waals surface area contributed by atoms with Gasteiger partial charge < -0.3 is 5.11 Å². The average molecular weight is 346 g/mol. The summed E-state index contributed by atoms with van der Waals surface area (Å²) < 4.78 is 30.7. The van der Waals surface area contributed by atoms with Crippen LogP contribution in [-0.2, 0) is 10.1 Å². The molecule has 2 rings (SSSR count). The number of phenolic OH excluding ortho intramolecular Hbond substituents is 1. The summed E-state index contributed by atoms with van der Waals surface area (Å²) in [5.41, 5.74) is 0.754. The number of halogens is 2. The van der Waals surface area contributed by atoms with E-state index in [1.165, 1.54) is 42.6 Å². The van der Waals surface area contributed by atoms with Crippen LogP contribution < -0.4 is 0 Å². The standard InChI is InChI=1S/C13H9Cl2NO4S/c14-9-5-8(13(17)12(15)6-9)7-16-10-1-3-11(4-2-10)21(18,19)20/h1-7,17H,(H,18,19,20). The molecule has 2 aromatic rings. The topological polar surface area (TPSA) is 87.0 Å². The molecule has 0 aliphatic rings. The Balaban J connectivity index is 2.30. The number of aliphatic imine (C=N–C) groups is 1. The highest BCUT2D eigenvalue weighted by molar-refractivity contribution is 7.85. The van der Waals surface area contributed by atoms with Crippen LogP contribution >= 0.6 is 23.2 Å². The molecule has 0 amide bonds. The number of benzene rings is 2. The highest BCUT2D eigenvalue weighted by Crippen LogP contribution is 2.30. The fourth-order valence-corrected chi connectivity index (χ4v) is 2.52. The predicted octanol–water partition coefficient (Wildman–Crippen LogP) is 3.70. The van der Waals surface area contributed by atoms with E-state index in [9.17, 15) is 13.5 Å². The molecule has 0 aromatic heterocycles. The molecule has 2 aromatic carbocycles. The van der Waals surface area contributed by atoms with Gasteiger partial charge in [0.1, 0.15) is 5.75 Å². The van der Waals surface area contributed by atoms with Gasteiger partial charge in [-0.1, -0.05) is 23.2 Å². The molecule has 0 aliphatic carbocycles. The minimum atomic E-state index is -4.23. The van der Waals surface area contributed by atoms with Gasteiger partial charge in [0.15, 0.2) is 0 Å². The Bertz CT molecular complexity index is 802. The van der Waals surface area contributed by atoms with Crippen LogP contribution in [0.25, 0.3) is 0 Å². The third-order valence-corrected chi connectivity index (χ3v) is 3.92. The maximum Gasteiger partial charge on any atom is 0.294 e. The van der Waals surface area contributed by atoms with Gasteiger partial charge in [0, 0.05) is 16.8 Å². The van der Waals surface area contributed by atoms with Crippen LogP contribution in [0.4, 0.5) is 5.69 Å². The Labute approximate surface area is 131 Å². The third kappa shape index (κ3) is 3.95. The van der Waals surface area contributed by atoms with Crippen molar-refractivity contribution in [2.75, 3.05) is 0 Å². The zero-order chi connectivity index (χ0) is 15.6. The highest BCUT2D eigenvalue weighted by Gasteiger charge is 2.08. The van der Waals surface area contributed by atoms with E-state index in [0.717, 1.165) is 0 Å². The first-order chi connectivity index (χ1) is 9.77. The first-order valence-electron chi connectivity index (χ1n) is 5.57. The van der Waals surface area contributed by atoms with Gasteiger partial charge in [0.2, 0.25) is 0 Å². The van der Waals surface area contributed by atoms with Crippen LogP contribution in [0.2, 0.25) is 10.0 Å². The largest absolute Gasteiger partial charge is 0.506 e. The summed E-state index contributed by atoms with van der Waals surface area (Å²) in [6.07, 6.45) is 1.34. The van der Waals surface area contributed by atoms with Gasteiger partial charge in [-0.3, -0.25) is 9.55 Å². The summed E-state index contributed by atoms with van der Waals surface area (Å²) in [5.74, 6) is -0.153. The van der Waals surface area contributed by atoms with Gasteiger partial charge in [0.25, 0.3) is 10.1 Å². The van der Waals surface area contributed by atoms with E-state index >= 15 is 0 Å². The van der Waals surface area contributed by atoms with E-state index in [-0.39, 0.29) is 15.7 Å². The molecule has 2 N–H and O–H groups in total. The Morgan fingerprint density at radius 2 is 1.71 bits per heavy atom. The molecular formula is C13H9Cl2NO4S. The maximum absolute atomic E-state index is 10.9. The molecule has 0 saturated carbocycles. The van der Waals surface area contributed by atoms with E-state index in [2.05, 4.69) is 4.99 Å². The zero-order valence-electron chi connectivity index (χ0n) is 10.4. The summed E-state index contributed by atoms with van der Waals surface area (Å²) in [5, 5.41) is 10.2. The lowest BCUT2D eigenvalue weighted by Gasteiger charge is -2.02. The predicted molar refractivity (Wildman–Crippen MR) is 81.6 cm³/mol. The molecular weight excluding hydrogens is 337 g/mol. The van der Waals surface area contributed by atoms with Gasteiger partial charge in [0.05, 0.1) is 15.6 Å². The van der Waals surface area contributed by atoms with Crippen LogP contribution in [0.5, 0.6) is 5.75 Å². The van der Waals surface area contributed by atoms with Crippen molar-refractivity contribution in [2.24, 2.45) is 4.99 Å². The molecule has 0 bridgehead atoms. The summed E-state index contributed by atoms with van der Waals surface area (Å²) in [7, 11) is -4.23.